The molecule has 12 N–H and O–H groups in total. The third kappa shape index (κ3) is 19.4. The molecule has 83 heavy (non-hydrogen) atoms. The van der Waals surface area contributed by atoms with Crippen LogP contribution in [0, 0.1) is 34.6 Å². The Morgan fingerprint density at radius 2 is 0.976 bits per heavy atom. The number of amides is 2. The normalized spacial score (nSPS) is 13.7. The number of ether oxygens (including phenoxy) is 2. The van der Waals surface area contributed by atoms with Crippen LogP contribution < -0.4 is 45.3 Å². The fourth-order valence-corrected chi connectivity index (χ4v) is 9.44. The maximum Gasteiger partial charge on any atom is 0.448 e. The summed E-state index contributed by atoms with van der Waals surface area (Å²) >= 11 is 3.31. The molecule has 3 atom stereocenters. The summed E-state index contributed by atoms with van der Waals surface area (Å²) in [4.78, 5) is 124. The van der Waals surface area contributed by atoms with Gasteiger partial charge in [0.05, 0.1) is 45.2 Å². The summed E-state index contributed by atoms with van der Waals surface area (Å²) in [6, 6.07) is 7.52. The molecule has 1 aliphatic carbocycles. The number of nitrogen functional groups attached to an aromatic ring is 3. The van der Waals surface area contributed by atoms with E-state index in [4.69, 9.17) is 48.2 Å². The van der Waals surface area contributed by atoms with E-state index in [9.17, 15) is 43.2 Å². The highest BCUT2D eigenvalue weighted by molar-refractivity contribution is 9.10. The highest BCUT2D eigenvalue weighted by Crippen LogP contribution is 2.28. The highest BCUT2D eigenvalue weighted by atomic mass is 79.9. The van der Waals surface area contributed by atoms with Crippen molar-refractivity contribution in [3.05, 3.63) is 101 Å². The van der Waals surface area contributed by atoms with Gasteiger partial charge in [0.2, 0.25) is 11.8 Å². The third-order valence-corrected chi connectivity index (χ3v) is 12.5. The number of halogens is 1. The van der Waals surface area contributed by atoms with Crippen LogP contribution in [0.1, 0.15) is 155 Å². The Labute approximate surface area is 491 Å². The molecule has 7 rings (SSSR count). The van der Waals surface area contributed by atoms with Crippen LogP contribution in [-0.4, -0.2) is 92.3 Å². The number of hydrogen-bond donors (Lipinski definition) is 7. The van der Waals surface area contributed by atoms with Gasteiger partial charge < -0.3 is 48.2 Å². The van der Waals surface area contributed by atoms with Gasteiger partial charge in [-0.25, -0.2) is 15.0 Å². The molecule has 0 radical (unpaired) electrons. The van der Waals surface area contributed by atoms with Crippen molar-refractivity contribution in [3.8, 4) is 0 Å². The standard InChI is InChI=1S/C19H26N4O4.C18H23BrN4O4.C16H17N3O3.CH5BO2.3CH4/c1-10-8-12(20)16-13(9-10)22-11(2)23(18(16)26)14(17(21)25)6-7-15(24)27-19(3,4)5;1-9-22-12-8-10(19)7-11(20)15(12)17(26)23(9)13(16(21)25)5-6-14(24)27-18(2,3)4;1-8-5-11(17)15-12(6-8)18-9(2)19(16(15)22)13-4-3-10(20)7-14(13)21;1-2(3)4;;;/h8-9,14H,6-7,20H2,1-5H3,(H2,21,25);7-8,13H,5-6,20H2,1-4H3,(H2,21,25);5-6,13H,3-4,7,17H2,1-2H3;3-4H,1H3;3*1H4/t14-;2*13-;;;;/m000..../s1. The van der Waals surface area contributed by atoms with E-state index >= 15 is 0 Å². The molecular formula is C57H83BBrN11O13. The van der Waals surface area contributed by atoms with Crippen LogP contribution in [0.15, 0.2) is 55.3 Å². The number of aryl methyl sites for hydroxylation is 5. The van der Waals surface area contributed by atoms with Crippen molar-refractivity contribution in [1.29, 1.82) is 0 Å². The molecular weight excluding hydrogens is 1140 g/mol. The number of ketones is 2. The quantitative estimate of drug-likeness (QED) is 0.0319. The van der Waals surface area contributed by atoms with Crippen molar-refractivity contribution in [2.24, 2.45) is 11.5 Å². The molecule has 1 fully saturated rings. The van der Waals surface area contributed by atoms with Gasteiger partial charge in [-0.15, -0.1) is 0 Å². The monoisotopic (exact) mass is 1220 g/mol. The van der Waals surface area contributed by atoms with Crippen LogP contribution >= 0.6 is 15.9 Å². The lowest BCUT2D eigenvalue weighted by molar-refractivity contribution is -0.156. The van der Waals surface area contributed by atoms with Crippen LogP contribution in [-0.2, 0) is 38.2 Å². The fraction of sp³-hybridized carbons (Fsp3) is 0.474. The molecule has 0 bridgehead atoms. The second-order valence-electron chi connectivity index (χ2n) is 21.3. The number of carbonyl (C=O) groups excluding carboxylic acids is 6. The average Bonchev–Trinajstić information content (AvgIpc) is 3.45. The van der Waals surface area contributed by atoms with Crippen LogP contribution in [0.2, 0.25) is 6.82 Å². The number of esters is 2. The summed E-state index contributed by atoms with van der Waals surface area (Å²) < 4.78 is 15.0. The number of aromatic nitrogens is 6. The SMILES string of the molecule is C.C.C.CB(O)O.Cc1cc(N)c2c(=O)n([C@@H](CCC(=O)OC(C)(C)C)C(N)=O)c(C)nc2c1.Cc1cc(N)c2c(=O)n([C@H]3CCC(=O)CC3=O)c(C)nc2c1.Cc1nc2cc(Br)cc(N)c2c(=O)n1[C@@H](CCC(=O)OC(C)(C)C)C(N)=O. The number of fused-ring (bicyclic) bond motifs is 3. The molecule has 0 unspecified atom stereocenters. The second-order valence-corrected chi connectivity index (χ2v) is 22.3. The second kappa shape index (κ2) is 29.9. The van der Waals surface area contributed by atoms with Crippen LogP contribution in [0.4, 0.5) is 17.1 Å². The van der Waals surface area contributed by atoms with Gasteiger partial charge in [-0.05, 0) is 150 Å². The van der Waals surface area contributed by atoms with E-state index in [0.29, 0.717) is 62.4 Å². The predicted molar refractivity (Wildman–Crippen MR) is 328 cm³/mol. The number of hydrogen-bond acceptors (Lipinski definition) is 19. The lowest BCUT2D eigenvalue weighted by atomic mass is 9.92. The molecule has 24 nitrogen and oxygen atoms in total. The maximum absolute atomic E-state index is 13.0. The van der Waals surface area contributed by atoms with Crippen molar-refractivity contribution in [2.75, 3.05) is 17.2 Å². The minimum Gasteiger partial charge on any atom is -0.460 e. The van der Waals surface area contributed by atoms with Gasteiger partial charge in [0.1, 0.15) is 46.5 Å². The van der Waals surface area contributed by atoms with Crippen LogP contribution in [0.5, 0.6) is 0 Å². The first kappa shape index (κ1) is 73.2. The Kier molecular flexibility index (Phi) is 26.4. The number of Topliss-reactive ketones (excluding diaryl/α,β-unsaturated/α-hetero) is 2. The van der Waals surface area contributed by atoms with Crippen molar-refractivity contribution in [1.82, 2.24) is 28.7 Å². The van der Waals surface area contributed by atoms with Crippen molar-refractivity contribution in [3.63, 3.8) is 0 Å². The van der Waals surface area contributed by atoms with E-state index in [-0.39, 0.29) is 93.7 Å². The van der Waals surface area contributed by atoms with Gasteiger partial charge in [0.25, 0.3) is 16.7 Å². The van der Waals surface area contributed by atoms with Crippen LogP contribution in [0.3, 0.4) is 0 Å². The summed E-state index contributed by atoms with van der Waals surface area (Å²) in [7, 11) is -1.17. The molecule has 454 valence electrons. The number of nitrogens with two attached hydrogens (primary N) is 5. The first-order valence-electron chi connectivity index (χ1n) is 25.4. The average molecular weight is 1220 g/mol. The smallest absolute Gasteiger partial charge is 0.448 e. The number of carbonyl (C=O) groups is 6. The molecule has 2 amide bonds. The van der Waals surface area contributed by atoms with Gasteiger partial charge in [-0.1, -0.05) is 38.2 Å². The topological polar surface area (TPSA) is 396 Å². The van der Waals surface area contributed by atoms with E-state index < -0.39 is 71.3 Å². The van der Waals surface area contributed by atoms with Gasteiger partial charge in [-0.3, -0.25) is 56.9 Å². The molecule has 0 saturated heterocycles. The van der Waals surface area contributed by atoms with E-state index in [1.165, 1.54) is 20.5 Å². The summed E-state index contributed by atoms with van der Waals surface area (Å²) in [5, 5.41) is 16.0. The number of rotatable bonds is 11. The number of anilines is 3. The number of nitrogens with zero attached hydrogens (tertiary/aromatic N) is 6. The Morgan fingerprint density at radius 1 is 0.627 bits per heavy atom. The molecule has 0 aliphatic heterocycles. The first-order valence-corrected chi connectivity index (χ1v) is 26.2. The lowest BCUT2D eigenvalue weighted by Crippen LogP contribution is -2.36. The molecule has 3 aromatic carbocycles. The Hall–Kier alpha value is -7.84. The Bertz CT molecular complexity index is 3430. The predicted octanol–water partition coefficient (Wildman–Crippen LogP) is 6.40. The zero-order valence-corrected chi connectivity index (χ0v) is 48.6. The summed E-state index contributed by atoms with van der Waals surface area (Å²) in [6.07, 6.45) is 0.473. The Balaban J connectivity index is 0.000000594. The fourth-order valence-electron chi connectivity index (χ4n) is 8.98. The first-order chi connectivity index (χ1) is 36.9. The zero-order chi connectivity index (χ0) is 60.6. The highest BCUT2D eigenvalue weighted by Gasteiger charge is 2.32. The van der Waals surface area contributed by atoms with Crippen molar-refractivity contribution >= 4 is 108 Å². The minimum absolute atomic E-state index is 0. The summed E-state index contributed by atoms with van der Waals surface area (Å²) in [6.45, 7) is 20.4. The van der Waals surface area contributed by atoms with Gasteiger partial charge in [0, 0.05) is 40.8 Å². The van der Waals surface area contributed by atoms with Crippen molar-refractivity contribution < 1.29 is 48.3 Å². The molecule has 6 aromatic rings. The van der Waals surface area contributed by atoms with E-state index in [0.717, 1.165) is 11.1 Å². The molecule has 0 spiro atoms. The van der Waals surface area contributed by atoms with E-state index in [2.05, 4.69) is 30.9 Å². The number of primary amides is 2. The molecule has 26 heteroatoms. The molecule has 1 aliphatic rings. The number of benzene rings is 3. The molecule has 1 saturated carbocycles. The summed E-state index contributed by atoms with van der Waals surface area (Å²) in [5.74, 6) is -1.61. The molecule has 3 aromatic heterocycles. The van der Waals surface area contributed by atoms with E-state index in [1.54, 1.807) is 98.7 Å². The third-order valence-electron chi connectivity index (χ3n) is 12.0. The maximum atomic E-state index is 13.0. The Morgan fingerprint density at radius 3 is 1.34 bits per heavy atom. The summed E-state index contributed by atoms with van der Waals surface area (Å²) in [5.41, 5.74) is 30.5. The van der Waals surface area contributed by atoms with Gasteiger partial charge in [0.15, 0.2) is 5.78 Å². The van der Waals surface area contributed by atoms with Crippen molar-refractivity contribution in [2.45, 2.75) is 180 Å². The van der Waals surface area contributed by atoms with E-state index in [1.807, 2.05) is 13.8 Å². The van der Waals surface area contributed by atoms with Gasteiger partial charge in [-0.2, -0.15) is 0 Å². The largest absolute Gasteiger partial charge is 0.460 e. The van der Waals surface area contributed by atoms with Gasteiger partial charge >= 0.3 is 19.1 Å². The van der Waals surface area contributed by atoms with Crippen LogP contribution in [0.25, 0.3) is 32.7 Å². The minimum atomic E-state index is -1.17. The zero-order valence-electron chi connectivity index (χ0n) is 47.1. The molecule has 3 heterocycles. The lowest BCUT2D eigenvalue weighted by Gasteiger charge is -2.24.